The first-order valence-corrected chi connectivity index (χ1v) is 7.32. The number of ether oxygens (including phenoxy) is 1. The van der Waals surface area contributed by atoms with Gasteiger partial charge in [0, 0.05) is 42.3 Å². The summed E-state index contributed by atoms with van der Waals surface area (Å²) >= 11 is 6.32. The third kappa shape index (κ3) is 3.41. The molecule has 0 amide bonds. The molecule has 1 aromatic rings. The summed E-state index contributed by atoms with van der Waals surface area (Å²) in [7, 11) is 1.70. The highest BCUT2D eigenvalue weighted by atomic mass is 35.5. The van der Waals surface area contributed by atoms with Crippen LogP contribution in [0.4, 0.5) is 0 Å². The molecular weight excluding hydrogens is 260 g/mol. The summed E-state index contributed by atoms with van der Waals surface area (Å²) < 4.78 is 5.43. The summed E-state index contributed by atoms with van der Waals surface area (Å²) in [5.41, 5.74) is 1.09. The van der Waals surface area contributed by atoms with E-state index in [1.54, 1.807) is 7.11 Å². The van der Waals surface area contributed by atoms with Crippen LogP contribution in [-0.2, 0) is 6.54 Å². The highest BCUT2D eigenvalue weighted by Crippen LogP contribution is 2.28. The van der Waals surface area contributed by atoms with E-state index in [-0.39, 0.29) is 0 Å². The molecule has 1 heterocycles. The summed E-state index contributed by atoms with van der Waals surface area (Å²) in [5.74, 6) is 0.881. The van der Waals surface area contributed by atoms with Gasteiger partial charge in [0.05, 0.1) is 7.11 Å². The highest BCUT2D eigenvalue weighted by Gasteiger charge is 2.25. The number of nitrogens with zero attached hydrogens (tertiary/aromatic N) is 1. The number of rotatable bonds is 4. The molecule has 2 unspecified atom stereocenters. The first-order valence-electron chi connectivity index (χ1n) is 6.94. The van der Waals surface area contributed by atoms with Crippen LogP contribution < -0.4 is 10.1 Å². The average Bonchev–Trinajstić information content (AvgIpc) is 2.43. The summed E-state index contributed by atoms with van der Waals surface area (Å²) in [5, 5.41) is 4.36. The lowest BCUT2D eigenvalue weighted by Gasteiger charge is -2.38. The van der Waals surface area contributed by atoms with Gasteiger partial charge in [-0.05, 0) is 25.5 Å². The van der Waals surface area contributed by atoms with Crippen molar-refractivity contribution in [2.75, 3.05) is 20.2 Å². The number of hydrogen-bond acceptors (Lipinski definition) is 3. The van der Waals surface area contributed by atoms with Crippen LogP contribution in [0.25, 0.3) is 0 Å². The number of hydrogen-bond donors (Lipinski definition) is 1. The van der Waals surface area contributed by atoms with Gasteiger partial charge in [-0.25, -0.2) is 0 Å². The molecule has 0 spiro atoms. The van der Waals surface area contributed by atoms with E-state index < -0.39 is 0 Å². The van der Waals surface area contributed by atoms with Gasteiger partial charge in [-0.3, -0.25) is 4.90 Å². The smallest absolute Gasteiger partial charge is 0.124 e. The third-order valence-corrected chi connectivity index (χ3v) is 4.28. The fourth-order valence-electron chi connectivity index (χ4n) is 2.57. The van der Waals surface area contributed by atoms with Crippen LogP contribution in [0.15, 0.2) is 18.2 Å². The van der Waals surface area contributed by atoms with Crippen molar-refractivity contribution in [1.82, 2.24) is 10.2 Å². The van der Waals surface area contributed by atoms with Crippen molar-refractivity contribution in [3.8, 4) is 5.75 Å². The second-order valence-corrected chi connectivity index (χ2v) is 5.62. The topological polar surface area (TPSA) is 24.5 Å². The summed E-state index contributed by atoms with van der Waals surface area (Å²) in [6, 6.07) is 6.93. The van der Waals surface area contributed by atoms with Crippen LogP contribution in [0, 0.1) is 0 Å². The van der Waals surface area contributed by atoms with E-state index in [1.165, 1.54) is 0 Å². The average molecular weight is 283 g/mol. The Labute approximate surface area is 120 Å². The Morgan fingerprint density at radius 2 is 2.26 bits per heavy atom. The van der Waals surface area contributed by atoms with Crippen molar-refractivity contribution in [1.29, 1.82) is 0 Å². The fraction of sp³-hybridized carbons (Fsp3) is 0.600. The molecule has 1 fully saturated rings. The zero-order chi connectivity index (χ0) is 13.8. The Kier molecular flexibility index (Phi) is 5.08. The SMILES string of the molecule is CCC1CN(Cc2c(Cl)cccc2OC)C(C)CN1. The molecule has 0 saturated carbocycles. The molecule has 2 rings (SSSR count). The van der Waals surface area contributed by atoms with Gasteiger partial charge in [-0.1, -0.05) is 24.6 Å². The molecule has 106 valence electrons. The van der Waals surface area contributed by atoms with Crippen molar-refractivity contribution in [3.63, 3.8) is 0 Å². The van der Waals surface area contributed by atoms with E-state index in [2.05, 4.69) is 24.1 Å². The van der Waals surface area contributed by atoms with Crippen LogP contribution in [0.5, 0.6) is 5.75 Å². The molecule has 0 radical (unpaired) electrons. The van der Waals surface area contributed by atoms with Gasteiger partial charge in [0.2, 0.25) is 0 Å². The Morgan fingerprint density at radius 1 is 1.47 bits per heavy atom. The minimum atomic E-state index is 0.517. The van der Waals surface area contributed by atoms with Crippen LogP contribution in [0.1, 0.15) is 25.8 Å². The van der Waals surface area contributed by atoms with E-state index in [1.807, 2.05) is 18.2 Å². The zero-order valence-electron chi connectivity index (χ0n) is 11.9. The van der Waals surface area contributed by atoms with Crippen LogP contribution in [-0.4, -0.2) is 37.2 Å². The van der Waals surface area contributed by atoms with E-state index in [4.69, 9.17) is 16.3 Å². The van der Waals surface area contributed by atoms with E-state index in [9.17, 15) is 0 Å². The molecular formula is C15H23ClN2O. The molecule has 19 heavy (non-hydrogen) atoms. The van der Waals surface area contributed by atoms with Crippen LogP contribution >= 0.6 is 11.6 Å². The van der Waals surface area contributed by atoms with Crippen molar-refractivity contribution in [3.05, 3.63) is 28.8 Å². The molecule has 0 bridgehead atoms. The van der Waals surface area contributed by atoms with Crippen molar-refractivity contribution in [2.24, 2.45) is 0 Å². The molecule has 3 nitrogen and oxygen atoms in total. The monoisotopic (exact) mass is 282 g/mol. The zero-order valence-corrected chi connectivity index (χ0v) is 12.7. The largest absolute Gasteiger partial charge is 0.496 e. The van der Waals surface area contributed by atoms with Gasteiger partial charge in [0.25, 0.3) is 0 Å². The molecule has 0 aromatic heterocycles. The van der Waals surface area contributed by atoms with Gasteiger partial charge in [-0.15, -0.1) is 0 Å². The van der Waals surface area contributed by atoms with Gasteiger partial charge >= 0.3 is 0 Å². The number of methoxy groups -OCH3 is 1. The van der Waals surface area contributed by atoms with Gasteiger partial charge < -0.3 is 10.1 Å². The van der Waals surface area contributed by atoms with Crippen LogP contribution in [0.2, 0.25) is 5.02 Å². The second-order valence-electron chi connectivity index (χ2n) is 5.21. The Hall–Kier alpha value is -0.770. The Balaban J connectivity index is 2.15. The van der Waals surface area contributed by atoms with Crippen molar-refractivity contribution < 1.29 is 4.74 Å². The molecule has 1 aliphatic heterocycles. The first-order chi connectivity index (χ1) is 9.15. The number of piperazine rings is 1. The van der Waals surface area contributed by atoms with E-state index in [0.717, 1.165) is 42.4 Å². The van der Waals surface area contributed by atoms with Gasteiger partial charge in [-0.2, -0.15) is 0 Å². The molecule has 4 heteroatoms. The second kappa shape index (κ2) is 6.60. The van der Waals surface area contributed by atoms with Crippen LogP contribution in [0.3, 0.4) is 0 Å². The quantitative estimate of drug-likeness (QED) is 0.919. The minimum Gasteiger partial charge on any atom is -0.496 e. The van der Waals surface area contributed by atoms with Gasteiger partial charge in [0.15, 0.2) is 0 Å². The maximum atomic E-state index is 6.32. The third-order valence-electron chi connectivity index (χ3n) is 3.93. The van der Waals surface area contributed by atoms with Crippen molar-refractivity contribution in [2.45, 2.75) is 38.9 Å². The van der Waals surface area contributed by atoms with E-state index >= 15 is 0 Å². The minimum absolute atomic E-state index is 0.517. The summed E-state index contributed by atoms with van der Waals surface area (Å²) in [4.78, 5) is 2.48. The molecule has 1 N–H and O–H groups in total. The summed E-state index contributed by atoms with van der Waals surface area (Å²) in [6.45, 7) is 7.42. The lowest BCUT2D eigenvalue weighted by Crippen LogP contribution is -2.54. The molecule has 0 aliphatic carbocycles. The van der Waals surface area contributed by atoms with Crippen molar-refractivity contribution >= 4 is 11.6 Å². The number of benzene rings is 1. The predicted octanol–water partition coefficient (Wildman–Crippen LogP) is 2.92. The lowest BCUT2D eigenvalue weighted by molar-refractivity contribution is 0.130. The lowest BCUT2D eigenvalue weighted by atomic mass is 10.1. The van der Waals surface area contributed by atoms with E-state index in [0.29, 0.717) is 12.1 Å². The molecule has 1 aliphatic rings. The maximum Gasteiger partial charge on any atom is 0.124 e. The normalized spacial score (nSPS) is 24.4. The first kappa shape index (κ1) is 14.6. The molecule has 1 saturated heterocycles. The molecule has 1 aromatic carbocycles. The fourth-order valence-corrected chi connectivity index (χ4v) is 2.80. The Bertz CT molecular complexity index is 425. The summed E-state index contributed by atoms with van der Waals surface area (Å²) in [6.07, 6.45) is 1.16. The maximum absolute atomic E-state index is 6.32. The van der Waals surface area contributed by atoms with Gasteiger partial charge in [0.1, 0.15) is 5.75 Å². The standard InChI is InChI=1S/C15H23ClN2O/c1-4-12-9-18(11(2)8-17-12)10-13-14(16)6-5-7-15(13)19-3/h5-7,11-12,17H,4,8-10H2,1-3H3. The number of nitrogens with one attached hydrogen (secondary N) is 1. The predicted molar refractivity (Wildman–Crippen MR) is 80.0 cm³/mol. The molecule has 2 atom stereocenters. The number of halogens is 1. The highest BCUT2D eigenvalue weighted by molar-refractivity contribution is 6.31. The Morgan fingerprint density at radius 3 is 2.95 bits per heavy atom.